The average Bonchev–Trinajstić information content (AvgIpc) is 2.98. The van der Waals surface area contributed by atoms with E-state index in [0.717, 1.165) is 53.1 Å². The molecular weight excluding hydrogens is 605 g/mol. The third kappa shape index (κ3) is 7.91. The number of rotatable bonds is 10. The molecule has 1 atom stereocenters. The summed E-state index contributed by atoms with van der Waals surface area (Å²) in [6.45, 7) is 6.82. The number of amides is 2. The molecule has 0 bridgehead atoms. The summed E-state index contributed by atoms with van der Waals surface area (Å²) in [5.41, 5.74) is 3.62. The summed E-state index contributed by atoms with van der Waals surface area (Å²) in [5.74, 6) is -0.797. The van der Waals surface area contributed by atoms with Crippen LogP contribution in [0.15, 0.2) is 65.6 Å². The molecule has 10 heteroatoms. The molecule has 1 aliphatic rings. The van der Waals surface area contributed by atoms with Crippen LogP contribution in [0.2, 0.25) is 10.0 Å². The number of nitrogens with one attached hydrogen (secondary N) is 1. The Hall–Kier alpha value is -3.07. The fourth-order valence-corrected chi connectivity index (χ4v) is 7.13. The molecule has 1 fully saturated rings. The Labute approximate surface area is 265 Å². The summed E-state index contributed by atoms with van der Waals surface area (Å²) >= 11 is 12.4. The molecule has 0 radical (unpaired) electrons. The molecule has 4 rings (SSSR count). The first-order chi connectivity index (χ1) is 20.4. The number of anilines is 1. The van der Waals surface area contributed by atoms with Gasteiger partial charge in [0, 0.05) is 12.6 Å². The molecule has 1 unspecified atom stereocenters. The van der Waals surface area contributed by atoms with Gasteiger partial charge < -0.3 is 10.2 Å². The van der Waals surface area contributed by atoms with Crippen LogP contribution in [0, 0.1) is 20.8 Å². The molecule has 0 spiro atoms. The number of benzene rings is 3. The number of carbonyl (C=O) groups is 2. The minimum Gasteiger partial charge on any atom is -0.352 e. The third-order valence-corrected chi connectivity index (χ3v) is 10.7. The van der Waals surface area contributed by atoms with Gasteiger partial charge in [-0.05, 0) is 87.6 Å². The highest BCUT2D eigenvalue weighted by Crippen LogP contribution is 2.30. The lowest BCUT2D eigenvalue weighted by atomic mass is 9.95. The number of sulfonamides is 1. The third-order valence-electron chi connectivity index (χ3n) is 8.19. The zero-order chi connectivity index (χ0) is 31.3. The van der Waals surface area contributed by atoms with Crippen LogP contribution < -0.4 is 9.62 Å². The van der Waals surface area contributed by atoms with Crippen LogP contribution in [-0.2, 0) is 26.2 Å². The van der Waals surface area contributed by atoms with Gasteiger partial charge in [0.25, 0.3) is 10.0 Å². The number of carbonyl (C=O) groups excluding carboxylic acids is 2. The normalized spacial score (nSPS) is 14.7. The van der Waals surface area contributed by atoms with Gasteiger partial charge in [0.05, 0.1) is 20.6 Å². The summed E-state index contributed by atoms with van der Waals surface area (Å²) in [6, 6.07) is 16.1. The predicted molar refractivity (Wildman–Crippen MR) is 173 cm³/mol. The number of halogens is 2. The van der Waals surface area contributed by atoms with Crippen molar-refractivity contribution in [3.8, 4) is 0 Å². The largest absolute Gasteiger partial charge is 0.352 e. The molecule has 1 saturated carbocycles. The first-order valence-corrected chi connectivity index (χ1v) is 16.8. The molecule has 7 nitrogen and oxygen atoms in total. The summed E-state index contributed by atoms with van der Waals surface area (Å²) < 4.78 is 29.4. The van der Waals surface area contributed by atoms with Crippen molar-refractivity contribution >= 4 is 50.7 Å². The van der Waals surface area contributed by atoms with Gasteiger partial charge in [-0.3, -0.25) is 13.9 Å². The van der Waals surface area contributed by atoms with E-state index in [1.54, 1.807) is 61.5 Å². The van der Waals surface area contributed by atoms with Crippen molar-refractivity contribution in [1.82, 2.24) is 10.2 Å². The zero-order valence-electron chi connectivity index (χ0n) is 25.1. The Bertz CT molecular complexity index is 1570. The molecule has 0 saturated heterocycles. The van der Waals surface area contributed by atoms with Crippen LogP contribution in [-0.4, -0.2) is 43.8 Å². The minimum atomic E-state index is -4.15. The highest BCUT2D eigenvalue weighted by atomic mass is 35.5. The van der Waals surface area contributed by atoms with Gasteiger partial charge >= 0.3 is 0 Å². The van der Waals surface area contributed by atoms with Crippen LogP contribution in [0.5, 0.6) is 0 Å². The number of hydrogen-bond donors (Lipinski definition) is 1. The Morgan fingerprint density at radius 3 is 2.26 bits per heavy atom. The predicted octanol–water partition coefficient (Wildman–Crippen LogP) is 6.98. The van der Waals surface area contributed by atoms with E-state index in [1.807, 2.05) is 26.8 Å². The molecule has 2 amide bonds. The van der Waals surface area contributed by atoms with Crippen LogP contribution in [0.4, 0.5) is 5.69 Å². The fraction of sp³-hybridized carbons (Fsp3) is 0.394. The van der Waals surface area contributed by atoms with Crippen molar-refractivity contribution in [2.24, 2.45) is 0 Å². The molecule has 3 aromatic rings. The number of nitrogens with zero attached hydrogens (tertiary/aromatic N) is 2. The molecule has 43 heavy (non-hydrogen) atoms. The van der Waals surface area contributed by atoms with Crippen molar-refractivity contribution in [3.05, 3.63) is 93.0 Å². The van der Waals surface area contributed by atoms with Gasteiger partial charge in [0.15, 0.2) is 0 Å². The standard InChI is InChI=1S/C33H39Cl2N3O4S/c1-22-13-16-28(17-14-22)43(41,42)38(31-12-8-9-23(2)24(31)3)21-32(39)37(20-26-15-18-29(34)30(35)19-26)25(4)33(40)36-27-10-6-5-7-11-27/h8-9,12-19,25,27H,5-7,10-11,20-21H2,1-4H3,(H,36,40). The first kappa shape index (κ1) is 32.8. The van der Waals surface area contributed by atoms with Gasteiger partial charge in [-0.2, -0.15) is 0 Å². The summed E-state index contributed by atoms with van der Waals surface area (Å²) in [7, 11) is -4.15. The highest BCUT2D eigenvalue weighted by Gasteiger charge is 2.34. The van der Waals surface area contributed by atoms with Crippen LogP contribution in [0.1, 0.15) is 61.3 Å². The molecule has 0 aliphatic heterocycles. The zero-order valence-corrected chi connectivity index (χ0v) is 27.4. The molecule has 3 aromatic carbocycles. The molecule has 0 aromatic heterocycles. The average molecular weight is 645 g/mol. The lowest BCUT2D eigenvalue weighted by molar-refractivity contribution is -0.139. The second-order valence-corrected chi connectivity index (χ2v) is 14.0. The van der Waals surface area contributed by atoms with Gasteiger partial charge in [0.2, 0.25) is 11.8 Å². The van der Waals surface area contributed by atoms with Gasteiger partial charge in [-0.15, -0.1) is 0 Å². The van der Waals surface area contributed by atoms with E-state index in [4.69, 9.17) is 23.2 Å². The van der Waals surface area contributed by atoms with Gasteiger partial charge in [0.1, 0.15) is 12.6 Å². The second-order valence-electron chi connectivity index (χ2n) is 11.3. The maximum Gasteiger partial charge on any atom is 0.264 e. The first-order valence-electron chi connectivity index (χ1n) is 14.6. The van der Waals surface area contributed by atoms with E-state index in [0.29, 0.717) is 21.3 Å². The van der Waals surface area contributed by atoms with E-state index >= 15 is 0 Å². The monoisotopic (exact) mass is 643 g/mol. The number of aryl methyl sites for hydroxylation is 2. The maximum absolute atomic E-state index is 14.2. The van der Waals surface area contributed by atoms with Crippen LogP contribution in [0.25, 0.3) is 0 Å². The van der Waals surface area contributed by atoms with Crippen molar-refractivity contribution < 1.29 is 18.0 Å². The molecule has 1 aliphatic carbocycles. The van der Waals surface area contributed by atoms with E-state index in [1.165, 1.54) is 4.90 Å². The van der Waals surface area contributed by atoms with Gasteiger partial charge in [-0.1, -0.05) is 78.4 Å². The van der Waals surface area contributed by atoms with Crippen molar-refractivity contribution in [2.75, 3.05) is 10.8 Å². The van der Waals surface area contributed by atoms with E-state index in [2.05, 4.69) is 5.32 Å². The fourth-order valence-electron chi connectivity index (χ4n) is 5.34. The highest BCUT2D eigenvalue weighted by molar-refractivity contribution is 7.92. The Morgan fingerprint density at radius 1 is 0.930 bits per heavy atom. The van der Waals surface area contributed by atoms with E-state index in [9.17, 15) is 18.0 Å². The maximum atomic E-state index is 14.2. The lowest BCUT2D eigenvalue weighted by Gasteiger charge is -2.33. The Balaban J connectivity index is 1.72. The van der Waals surface area contributed by atoms with Gasteiger partial charge in [-0.25, -0.2) is 8.42 Å². The molecular formula is C33H39Cl2N3O4S. The molecule has 230 valence electrons. The summed E-state index contributed by atoms with van der Waals surface area (Å²) in [5, 5.41) is 3.81. The van der Waals surface area contributed by atoms with Crippen molar-refractivity contribution in [2.45, 2.75) is 83.3 Å². The summed E-state index contributed by atoms with van der Waals surface area (Å²) in [6.07, 6.45) is 5.04. The van der Waals surface area contributed by atoms with Crippen LogP contribution >= 0.6 is 23.2 Å². The second kappa shape index (κ2) is 14.1. The SMILES string of the molecule is Cc1ccc(S(=O)(=O)N(CC(=O)N(Cc2ccc(Cl)c(Cl)c2)C(C)C(=O)NC2CCCCC2)c2cccc(C)c2C)cc1. The smallest absolute Gasteiger partial charge is 0.264 e. The van der Waals surface area contributed by atoms with Crippen LogP contribution in [0.3, 0.4) is 0 Å². The van der Waals surface area contributed by atoms with E-state index in [-0.39, 0.29) is 23.4 Å². The van der Waals surface area contributed by atoms with Crippen molar-refractivity contribution in [3.63, 3.8) is 0 Å². The van der Waals surface area contributed by atoms with E-state index < -0.39 is 28.5 Å². The molecule has 1 N–H and O–H groups in total. The topological polar surface area (TPSA) is 86.8 Å². The Morgan fingerprint density at radius 2 is 1.60 bits per heavy atom. The Kier molecular flexibility index (Phi) is 10.8. The molecule has 0 heterocycles. The quantitative estimate of drug-likeness (QED) is 0.258. The minimum absolute atomic E-state index is 0.0419. The summed E-state index contributed by atoms with van der Waals surface area (Å²) in [4.78, 5) is 29.2. The lowest BCUT2D eigenvalue weighted by Crippen LogP contribution is -2.53. The van der Waals surface area contributed by atoms with Crippen molar-refractivity contribution in [1.29, 1.82) is 0 Å². The number of hydrogen-bond acceptors (Lipinski definition) is 4.